The second-order valence-corrected chi connectivity index (χ2v) is 15.6. The molecule has 1 fully saturated rings. The Bertz CT molecular complexity index is 1850. The number of aryl methyl sites for hydroxylation is 1. The van der Waals surface area contributed by atoms with Crippen molar-refractivity contribution in [3.8, 4) is 0 Å². The van der Waals surface area contributed by atoms with E-state index in [1.807, 2.05) is 13.0 Å². The summed E-state index contributed by atoms with van der Waals surface area (Å²) in [6, 6.07) is 7.01. The summed E-state index contributed by atoms with van der Waals surface area (Å²) in [5.74, 6) is -8.71. The number of carbonyl (C=O) groups excluding carboxylic acids is 7. The molecule has 1 aromatic rings. The molecular formula is C42H62N8O16. The van der Waals surface area contributed by atoms with E-state index in [2.05, 4.69) is 16.0 Å². The van der Waals surface area contributed by atoms with E-state index in [0.717, 1.165) is 10.5 Å². The van der Waals surface area contributed by atoms with Gasteiger partial charge in [-0.25, -0.2) is 4.79 Å². The number of carbonyl (C=O) groups is 11. The van der Waals surface area contributed by atoms with Crippen LogP contribution in [-0.2, 0) is 52.8 Å². The number of hydroxylamine groups is 2. The van der Waals surface area contributed by atoms with Gasteiger partial charge >= 0.3 is 29.8 Å². The highest BCUT2D eigenvalue weighted by Gasteiger charge is 2.32. The van der Waals surface area contributed by atoms with Gasteiger partial charge in [0.25, 0.3) is 17.7 Å². The number of carboxylic acid groups (broad SMARTS) is 4. The van der Waals surface area contributed by atoms with Crippen molar-refractivity contribution in [2.24, 2.45) is 0 Å². The van der Waals surface area contributed by atoms with Crippen molar-refractivity contribution in [3.63, 3.8) is 0 Å². The summed E-state index contributed by atoms with van der Waals surface area (Å²) >= 11 is 0. The van der Waals surface area contributed by atoms with Gasteiger partial charge in [-0.3, -0.25) is 62.6 Å². The Hall–Kier alpha value is -6.53. The molecule has 366 valence electrons. The van der Waals surface area contributed by atoms with Crippen molar-refractivity contribution in [1.29, 1.82) is 0 Å². The molecule has 2 rings (SSSR count). The lowest BCUT2D eigenvalue weighted by atomic mass is 10.1. The molecule has 1 saturated heterocycles. The number of aliphatic carboxylic acids is 4. The van der Waals surface area contributed by atoms with Gasteiger partial charge in [0, 0.05) is 83.6 Å². The predicted molar refractivity (Wildman–Crippen MR) is 230 cm³/mol. The molecule has 1 aliphatic rings. The van der Waals surface area contributed by atoms with Crippen LogP contribution in [0.25, 0.3) is 0 Å². The first-order valence-electron chi connectivity index (χ1n) is 21.6. The molecule has 0 radical (unpaired) electrons. The molecule has 24 nitrogen and oxygen atoms in total. The van der Waals surface area contributed by atoms with Crippen LogP contribution < -0.4 is 16.0 Å². The van der Waals surface area contributed by atoms with Gasteiger partial charge in [0.15, 0.2) is 0 Å². The van der Waals surface area contributed by atoms with Gasteiger partial charge in [0.1, 0.15) is 6.54 Å². The van der Waals surface area contributed by atoms with Crippen LogP contribution in [0.3, 0.4) is 0 Å². The molecule has 66 heavy (non-hydrogen) atoms. The lowest BCUT2D eigenvalue weighted by Gasteiger charge is -2.29. The molecule has 0 bridgehead atoms. The number of imide groups is 1. The number of amides is 6. The zero-order valence-corrected chi connectivity index (χ0v) is 37.2. The summed E-state index contributed by atoms with van der Waals surface area (Å²) in [4.78, 5) is 142. The first-order valence-corrected chi connectivity index (χ1v) is 21.6. The summed E-state index contributed by atoms with van der Waals surface area (Å²) in [6.07, 6.45) is 2.40. The Morgan fingerprint density at radius 3 is 1.65 bits per heavy atom. The van der Waals surface area contributed by atoms with E-state index >= 15 is 0 Å². The minimum Gasteiger partial charge on any atom is -0.480 e. The zero-order chi connectivity index (χ0) is 49.0. The van der Waals surface area contributed by atoms with E-state index in [1.165, 1.54) is 14.7 Å². The maximum absolute atomic E-state index is 13.3. The topological polar surface area (TPSA) is 330 Å². The van der Waals surface area contributed by atoms with Crippen molar-refractivity contribution in [2.75, 3.05) is 91.6 Å². The molecule has 0 saturated carbocycles. The van der Waals surface area contributed by atoms with Crippen LogP contribution in [0.4, 0.5) is 0 Å². The number of nitrogens with one attached hydrogen (secondary N) is 3. The highest BCUT2D eigenvalue weighted by atomic mass is 16.7. The molecule has 0 unspecified atom stereocenters. The molecule has 1 aliphatic heterocycles. The van der Waals surface area contributed by atoms with Crippen LogP contribution in [0.15, 0.2) is 24.3 Å². The van der Waals surface area contributed by atoms with Gasteiger partial charge in [-0.05, 0) is 57.6 Å². The quantitative estimate of drug-likeness (QED) is 0.0309. The number of hydrogen-bond acceptors (Lipinski definition) is 15. The minimum atomic E-state index is -1.30. The molecule has 24 heteroatoms. The van der Waals surface area contributed by atoms with E-state index < -0.39 is 86.2 Å². The van der Waals surface area contributed by atoms with Gasteiger partial charge in [-0.1, -0.05) is 17.7 Å². The third-order valence-corrected chi connectivity index (χ3v) is 9.85. The van der Waals surface area contributed by atoms with Gasteiger partial charge in [0.2, 0.25) is 17.7 Å². The fourth-order valence-corrected chi connectivity index (χ4v) is 6.52. The van der Waals surface area contributed by atoms with Gasteiger partial charge < -0.3 is 46.1 Å². The summed E-state index contributed by atoms with van der Waals surface area (Å²) in [6.45, 7) is -0.967. The molecule has 7 N–H and O–H groups in total. The maximum atomic E-state index is 13.3. The van der Waals surface area contributed by atoms with E-state index in [9.17, 15) is 73.2 Å². The average Bonchev–Trinajstić information content (AvgIpc) is 3.55. The van der Waals surface area contributed by atoms with E-state index in [4.69, 9.17) is 4.84 Å². The monoisotopic (exact) mass is 934 g/mol. The van der Waals surface area contributed by atoms with Crippen molar-refractivity contribution in [2.45, 2.75) is 71.1 Å². The third kappa shape index (κ3) is 24.5. The number of carboxylic acids is 4. The van der Waals surface area contributed by atoms with Crippen LogP contribution >= 0.6 is 0 Å². The summed E-state index contributed by atoms with van der Waals surface area (Å²) in [5, 5.41) is 46.7. The van der Waals surface area contributed by atoms with E-state index in [0.29, 0.717) is 55.7 Å². The molecule has 1 heterocycles. The Labute approximate surface area is 381 Å². The fourth-order valence-electron chi connectivity index (χ4n) is 6.52. The van der Waals surface area contributed by atoms with Crippen molar-refractivity contribution in [3.05, 3.63) is 35.4 Å². The number of unbranched alkanes of at least 4 members (excludes halogenated alkanes) is 3. The zero-order valence-electron chi connectivity index (χ0n) is 37.2. The second kappa shape index (κ2) is 30.6. The van der Waals surface area contributed by atoms with Crippen molar-refractivity contribution >= 4 is 65.3 Å². The number of nitrogens with zero attached hydrogens (tertiary/aromatic N) is 5. The molecule has 6 amide bonds. The lowest BCUT2D eigenvalue weighted by Crippen LogP contribution is -2.48. The van der Waals surface area contributed by atoms with Crippen LogP contribution in [-0.4, -0.2) is 202 Å². The smallest absolute Gasteiger partial charge is 0.333 e. The molecule has 0 atom stereocenters. The van der Waals surface area contributed by atoms with Crippen LogP contribution in [0.5, 0.6) is 0 Å². The van der Waals surface area contributed by atoms with Crippen LogP contribution in [0.1, 0.15) is 80.1 Å². The fraction of sp³-hybridized carbons (Fsp3) is 0.595. The van der Waals surface area contributed by atoms with Crippen molar-refractivity contribution in [1.82, 2.24) is 40.6 Å². The molecule has 0 aliphatic carbocycles. The number of benzene rings is 1. The summed E-state index contributed by atoms with van der Waals surface area (Å²) < 4.78 is 0. The molecule has 0 spiro atoms. The maximum Gasteiger partial charge on any atom is 0.333 e. The predicted octanol–water partition coefficient (Wildman–Crippen LogP) is -1.24. The van der Waals surface area contributed by atoms with E-state index in [-0.39, 0.29) is 89.9 Å². The second-order valence-electron chi connectivity index (χ2n) is 15.6. The Kier molecular flexibility index (Phi) is 25.8. The first-order chi connectivity index (χ1) is 31.3. The first kappa shape index (κ1) is 55.6. The third-order valence-electron chi connectivity index (χ3n) is 9.85. The standard InChI is InChI=1S/C42H62N8O16/c1-30-9-8-10-31(23-30)42(65)45-17-6-7-18-49(29-40(62)63)36(55)25-48(28-39(60)61)22-20-46(26-37(56)57)19-21-47(27-38(58)59)24-33(52)44-16-5-4-15-43-32(51)11-2-3-12-41(64)66-50-34(53)13-14-35(50)54/h8-10,23H,2-7,11-22,24-29H2,1H3,(H,43,51)(H,44,52)(H,45,65)(H,56,57)(H,58,59)(H,60,61)(H,62,63). The van der Waals surface area contributed by atoms with Crippen LogP contribution in [0.2, 0.25) is 0 Å². The number of hydrogen-bond donors (Lipinski definition) is 7. The highest BCUT2D eigenvalue weighted by molar-refractivity contribution is 6.01. The van der Waals surface area contributed by atoms with Crippen molar-refractivity contribution < 1.29 is 78.0 Å². The van der Waals surface area contributed by atoms with Gasteiger partial charge in [0.05, 0.1) is 32.7 Å². The SMILES string of the molecule is Cc1cccc(C(=O)NCCCCN(CC(=O)O)C(=O)CN(CCN(CCN(CC(=O)O)CC(=O)NCCCCNC(=O)CCCCC(=O)ON2C(=O)CCC2=O)CC(=O)O)CC(=O)O)c1. The largest absolute Gasteiger partial charge is 0.480 e. The van der Waals surface area contributed by atoms with Gasteiger partial charge in [-0.15, -0.1) is 5.06 Å². The van der Waals surface area contributed by atoms with Gasteiger partial charge in [-0.2, -0.15) is 0 Å². The normalized spacial score (nSPS) is 12.3. The Morgan fingerprint density at radius 1 is 0.576 bits per heavy atom. The molecule has 0 aromatic heterocycles. The Balaban J connectivity index is 1.79. The van der Waals surface area contributed by atoms with E-state index in [1.54, 1.807) is 18.2 Å². The summed E-state index contributed by atoms with van der Waals surface area (Å²) in [7, 11) is 0. The Morgan fingerprint density at radius 2 is 1.08 bits per heavy atom. The lowest BCUT2D eigenvalue weighted by molar-refractivity contribution is -0.197. The van der Waals surface area contributed by atoms with Crippen LogP contribution in [0, 0.1) is 6.92 Å². The average molecular weight is 935 g/mol. The number of rotatable bonds is 35. The minimum absolute atomic E-state index is 0.00491. The summed E-state index contributed by atoms with van der Waals surface area (Å²) in [5.41, 5.74) is 1.40. The molecular weight excluding hydrogens is 873 g/mol. The molecule has 1 aromatic carbocycles. The highest BCUT2D eigenvalue weighted by Crippen LogP contribution is 2.13.